The fourth-order valence-electron chi connectivity index (χ4n) is 7.40. The summed E-state index contributed by atoms with van der Waals surface area (Å²) in [7, 11) is 0. The van der Waals surface area contributed by atoms with Crippen LogP contribution in [0.2, 0.25) is 0 Å². The molecular weight excluding hydrogens is 352 g/mol. The van der Waals surface area contributed by atoms with Gasteiger partial charge in [-0.05, 0) is 72.5 Å². The number of fused-ring (bicyclic) bond motifs is 4. The number of carbonyl (C=O) groups excluding carboxylic acids is 1. The summed E-state index contributed by atoms with van der Waals surface area (Å²) in [6.45, 7) is 15.4. The lowest BCUT2D eigenvalue weighted by Crippen LogP contribution is -2.37. The fourth-order valence-corrected chi connectivity index (χ4v) is 7.40. The van der Waals surface area contributed by atoms with E-state index >= 15 is 0 Å². The lowest BCUT2D eigenvalue weighted by molar-refractivity contribution is -0.154. The van der Waals surface area contributed by atoms with Gasteiger partial charge >= 0.3 is 11.9 Å². The van der Waals surface area contributed by atoms with Gasteiger partial charge in [0, 0.05) is 18.8 Å². The molecule has 4 heteroatoms. The Morgan fingerprint density at radius 1 is 0.893 bits per heavy atom. The number of carboxylic acids is 1. The van der Waals surface area contributed by atoms with Crippen LogP contribution in [0.5, 0.6) is 0 Å². The lowest BCUT2D eigenvalue weighted by atomic mass is 9.66. The second-order valence-corrected chi connectivity index (χ2v) is 11.6. The number of hydrogen-bond donors (Lipinski definition) is 1. The Labute approximate surface area is 170 Å². The molecule has 0 aromatic carbocycles. The highest BCUT2D eigenvalue weighted by Crippen LogP contribution is 2.69. The minimum Gasteiger partial charge on any atom is -0.481 e. The van der Waals surface area contributed by atoms with E-state index < -0.39 is 5.97 Å². The van der Waals surface area contributed by atoms with Crippen LogP contribution in [0.25, 0.3) is 0 Å². The smallest absolute Gasteiger partial charge is 0.303 e. The van der Waals surface area contributed by atoms with Gasteiger partial charge in [-0.1, -0.05) is 41.5 Å². The van der Waals surface area contributed by atoms with E-state index in [1.54, 1.807) is 0 Å². The zero-order valence-corrected chi connectivity index (χ0v) is 18.9. The summed E-state index contributed by atoms with van der Waals surface area (Å²) < 4.78 is 5.44. The Morgan fingerprint density at radius 2 is 1.39 bits per heavy atom. The average molecular weight is 393 g/mol. The van der Waals surface area contributed by atoms with Crippen molar-refractivity contribution in [2.24, 2.45) is 39.4 Å². The first-order valence-electron chi connectivity index (χ1n) is 11.1. The lowest BCUT2D eigenvalue weighted by Gasteiger charge is -2.38. The van der Waals surface area contributed by atoms with Gasteiger partial charge in [-0.25, -0.2) is 0 Å². The van der Waals surface area contributed by atoms with Gasteiger partial charge in [0.2, 0.25) is 0 Å². The van der Waals surface area contributed by atoms with Crippen molar-refractivity contribution in [2.75, 3.05) is 0 Å². The summed E-state index contributed by atoms with van der Waals surface area (Å²) >= 11 is 0. The molecule has 0 radical (unpaired) electrons. The highest BCUT2D eigenvalue weighted by atomic mass is 16.5. The predicted molar refractivity (Wildman–Crippen MR) is 110 cm³/mol. The van der Waals surface area contributed by atoms with Crippen molar-refractivity contribution < 1.29 is 19.4 Å². The van der Waals surface area contributed by atoms with E-state index in [0.717, 1.165) is 24.7 Å². The van der Waals surface area contributed by atoms with E-state index in [4.69, 9.17) is 9.84 Å². The molecule has 0 heterocycles. The van der Waals surface area contributed by atoms with Crippen LogP contribution >= 0.6 is 0 Å². The van der Waals surface area contributed by atoms with Gasteiger partial charge in [0.1, 0.15) is 6.10 Å². The van der Waals surface area contributed by atoms with Crippen LogP contribution in [0, 0.1) is 39.4 Å². The fraction of sp³-hybridized carbons (Fsp3) is 0.917. The van der Waals surface area contributed by atoms with Crippen molar-refractivity contribution in [2.45, 2.75) is 99.5 Å². The third kappa shape index (κ3) is 3.01. The molecule has 0 saturated heterocycles. The first-order chi connectivity index (χ1) is 12.8. The molecule has 0 amide bonds. The highest BCUT2D eigenvalue weighted by Gasteiger charge is 2.63. The molecule has 4 fully saturated rings. The Bertz CT molecular complexity index is 595. The molecule has 6 atom stereocenters. The first-order valence-corrected chi connectivity index (χ1v) is 11.1. The minimum atomic E-state index is -0.625. The second-order valence-electron chi connectivity index (χ2n) is 11.6. The van der Waals surface area contributed by atoms with E-state index in [-0.39, 0.29) is 22.9 Å². The van der Waals surface area contributed by atoms with Crippen LogP contribution in [-0.2, 0) is 14.3 Å². The topological polar surface area (TPSA) is 63.6 Å². The molecule has 160 valence electrons. The summed E-state index contributed by atoms with van der Waals surface area (Å²) in [5.41, 5.74) is 1.18. The van der Waals surface area contributed by atoms with E-state index in [2.05, 4.69) is 41.5 Å². The molecular formula is C24H40O4. The molecule has 1 N–H and O–H groups in total. The second kappa shape index (κ2) is 6.74. The van der Waals surface area contributed by atoms with Gasteiger partial charge < -0.3 is 9.84 Å². The molecule has 0 spiro atoms. The summed E-state index contributed by atoms with van der Waals surface area (Å²) in [4.78, 5) is 21.8. The highest BCUT2D eigenvalue weighted by molar-refractivity contribution is 5.67. The van der Waals surface area contributed by atoms with Gasteiger partial charge in [0.15, 0.2) is 0 Å². The van der Waals surface area contributed by atoms with Crippen molar-refractivity contribution in [3.8, 4) is 0 Å². The molecule has 4 aliphatic carbocycles. The SMILES string of the molecule is CC(=O)OC1CC2CCC1(C)C2(C)C.CC1(C)[C@H]2CCC1(C)[C@H](CC(=O)O)C2. The number of aliphatic carboxylic acids is 1. The zero-order chi connectivity index (χ0) is 21.1. The maximum atomic E-state index is 11.0. The molecule has 4 saturated carbocycles. The number of esters is 1. The summed E-state index contributed by atoms with van der Waals surface area (Å²) in [6, 6.07) is 0. The Balaban J connectivity index is 0.000000161. The van der Waals surface area contributed by atoms with Gasteiger partial charge in [-0.2, -0.15) is 0 Å². The van der Waals surface area contributed by atoms with Crippen LogP contribution in [0.1, 0.15) is 93.4 Å². The normalized spacial score (nSPS) is 44.1. The van der Waals surface area contributed by atoms with Gasteiger partial charge in [0.25, 0.3) is 0 Å². The minimum absolute atomic E-state index is 0.125. The van der Waals surface area contributed by atoms with Gasteiger partial charge in [0.05, 0.1) is 0 Å². The molecule has 0 aromatic rings. The van der Waals surface area contributed by atoms with Crippen LogP contribution in [0.15, 0.2) is 0 Å². The van der Waals surface area contributed by atoms with Gasteiger partial charge in [-0.15, -0.1) is 0 Å². The van der Waals surface area contributed by atoms with Crippen molar-refractivity contribution in [3.05, 3.63) is 0 Å². The number of ether oxygens (including phenoxy) is 1. The van der Waals surface area contributed by atoms with Crippen molar-refractivity contribution in [1.82, 2.24) is 0 Å². The molecule has 28 heavy (non-hydrogen) atoms. The molecule has 4 bridgehead atoms. The number of rotatable bonds is 3. The standard InChI is InChI=1S/2C12H20O2/c1-8(13)14-10-7-9-5-6-12(10,4)11(9,2)3;1-11(2)8-4-5-12(11,3)9(6-8)7-10(13)14/h9-10H,5-7H2,1-4H3;8-9H,4-7H2,1-3H3,(H,13,14)/t;8-,9-,12?/m.0/s1. The average Bonchev–Trinajstić information content (AvgIpc) is 3.06. The van der Waals surface area contributed by atoms with Crippen molar-refractivity contribution in [3.63, 3.8) is 0 Å². The van der Waals surface area contributed by atoms with E-state index in [0.29, 0.717) is 23.2 Å². The Morgan fingerprint density at radius 3 is 1.71 bits per heavy atom. The van der Waals surface area contributed by atoms with E-state index in [1.807, 2.05) is 0 Å². The number of hydrogen-bond acceptors (Lipinski definition) is 3. The molecule has 0 aliphatic heterocycles. The molecule has 4 unspecified atom stereocenters. The van der Waals surface area contributed by atoms with Crippen LogP contribution in [0.4, 0.5) is 0 Å². The van der Waals surface area contributed by atoms with Crippen LogP contribution in [0.3, 0.4) is 0 Å². The summed E-state index contributed by atoms with van der Waals surface area (Å²) in [6.07, 6.45) is 7.79. The quantitative estimate of drug-likeness (QED) is 0.627. The molecule has 4 aliphatic rings. The van der Waals surface area contributed by atoms with Crippen molar-refractivity contribution >= 4 is 11.9 Å². The van der Waals surface area contributed by atoms with E-state index in [9.17, 15) is 9.59 Å². The Kier molecular flexibility index (Phi) is 5.21. The number of carbonyl (C=O) groups is 2. The predicted octanol–water partition coefficient (Wildman–Crippen LogP) is 5.69. The summed E-state index contributed by atoms with van der Waals surface area (Å²) in [5, 5.41) is 8.89. The molecule has 0 aromatic heterocycles. The third-order valence-corrected chi connectivity index (χ3v) is 10.4. The van der Waals surface area contributed by atoms with Crippen LogP contribution < -0.4 is 0 Å². The maximum absolute atomic E-state index is 11.0. The largest absolute Gasteiger partial charge is 0.481 e. The zero-order valence-electron chi connectivity index (χ0n) is 18.9. The summed E-state index contributed by atoms with van der Waals surface area (Å²) in [5.74, 6) is 1.17. The maximum Gasteiger partial charge on any atom is 0.303 e. The van der Waals surface area contributed by atoms with Crippen LogP contribution in [-0.4, -0.2) is 23.1 Å². The van der Waals surface area contributed by atoms with E-state index in [1.165, 1.54) is 32.6 Å². The van der Waals surface area contributed by atoms with Gasteiger partial charge in [-0.3, -0.25) is 9.59 Å². The third-order valence-electron chi connectivity index (χ3n) is 10.4. The monoisotopic (exact) mass is 392 g/mol. The molecule has 4 rings (SSSR count). The first kappa shape index (κ1) is 21.6. The van der Waals surface area contributed by atoms with Crippen molar-refractivity contribution in [1.29, 1.82) is 0 Å². The number of carboxylic acid groups (broad SMARTS) is 1. The Hall–Kier alpha value is -1.06. The molecule has 4 nitrogen and oxygen atoms in total.